The molecule has 0 aromatic heterocycles. The summed E-state index contributed by atoms with van der Waals surface area (Å²) in [5.41, 5.74) is 1.41. The van der Waals surface area contributed by atoms with Crippen LogP contribution in [0.3, 0.4) is 0 Å². The Labute approximate surface area is 185 Å². The summed E-state index contributed by atoms with van der Waals surface area (Å²) in [6.07, 6.45) is 1.92. The predicted molar refractivity (Wildman–Crippen MR) is 124 cm³/mol. The highest BCUT2D eigenvalue weighted by atomic mass is 32.2. The molecule has 2 aromatic carbocycles. The first-order chi connectivity index (χ1) is 14.5. The average Bonchev–Trinajstić information content (AvgIpc) is 2.78. The molecule has 0 bridgehead atoms. The molecule has 0 fully saturated rings. The summed E-state index contributed by atoms with van der Waals surface area (Å²) in [6.45, 7) is 10.7. The molecular weight excluding hydrogens is 412 g/mol. The van der Waals surface area contributed by atoms with E-state index in [1.54, 1.807) is 35.2 Å². The third-order valence-electron chi connectivity index (χ3n) is 5.23. The van der Waals surface area contributed by atoms with E-state index in [9.17, 15) is 13.2 Å². The van der Waals surface area contributed by atoms with E-state index in [4.69, 9.17) is 4.74 Å². The van der Waals surface area contributed by atoms with Crippen LogP contribution in [-0.2, 0) is 21.2 Å². The summed E-state index contributed by atoms with van der Waals surface area (Å²) in [7, 11) is -3.75. The van der Waals surface area contributed by atoms with Crippen molar-refractivity contribution < 1.29 is 17.9 Å². The number of nitrogens with zero attached hydrogens (tertiary/aromatic N) is 1. The minimum absolute atomic E-state index is 0.0357. The molecule has 0 atom stereocenters. The average molecular weight is 445 g/mol. The molecule has 6 nitrogen and oxygen atoms in total. The van der Waals surface area contributed by atoms with Gasteiger partial charge in [0.25, 0.3) is 10.0 Å². The molecule has 7 heteroatoms. The van der Waals surface area contributed by atoms with Gasteiger partial charge in [-0.15, -0.1) is 0 Å². The van der Waals surface area contributed by atoms with Crippen molar-refractivity contribution in [1.29, 1.82) is 0 Å². The maximum absolute atomic E-state index is 13.2. The minimum atomic E-state index is -3.75. The van der Waals surface area contributed by atoms with Crippen LogP contribution in [0.2, 0.25) is 0 Å². The largest absolute Gasteiger partial charge is 0.490 e. The fourth-order valence-electron chi connectivity index (χ4n) is 3.59. The second-order valence-electron chi connectivity index (χ2n) is 9.16. The van der Waals surface area contributed by atoms with E-state index in [-0.39, 0.29) is 23.3 Å². The Morgan fingerprint density at radius 1 is 1.13 bits per heavy atom. The first kappa shape index (κ1) is 23.1. The van der Waals surface area contributed by atoms with Crippen LogP contribution in [-0.4, -0.2) is 27.5 Å². The zero-order valence-electron chi connectivity index (χ0n) is 18.9. The van der Waals surface area contributed by atoms with Crippen LogP contribution in [0.25, 0.3) is 0 Å². The standard InChI is InChI=1S/C24H32N2O4S/c1-6-7-18-8-11-20(12-9-18)31(28,29)25-19-10-13-22-21(14-19)26(15-17(2)3)23(27)24(4,5)16-30-22/h8-14,17,25H,6-7,15-16H2,1-5H3. The quantitative estimate of drug-likeness (QED) is 0.662. The topological polar surface area (TPSA) is 75.7 Å². The summed E-state index contributed by atoms with van der Waals surface area (Å²) in [5.74, 6) is 0.783. The number of rotatable bonds is 7. The predicted octanol–water partition coefficient (Wildman–Crippen LogP) is 4.85. The second-order valence-corrected chi connectivity index (χ2v) is 10.8. The van der Waals surface area contributed by atoms with Crippen LogP contribution >= 0.6 is 0 Å². The van der Waals surface area contributed by atoms with Crippen molar-refractivity contribution in [3.05, 3.63) is 48.0 Å². The van der Waals surface area contributed by atoms with E-state index < -0.39 is 15.4 Å². The number of fused-ring (bicyclic) bond motifs is 1. The molecule has 1 amide bonds. The van der Waals surface area contributed by atoms with Gasteiger partial charge >= 0.3 is 0 Å². The zero-order valence-corrected chi connectivity index (χ0v) is 19.8. The smallest absolute Gasteiger partial charge is 0.261 e. The van der Waals surface area contributed by atoms with Gasteiger partial charge in [0.05, 0.1) is 21.7 Å². The van der Waals surface area contributed by atoms with Crippen molar-refractivity contribution in [1.82, 2.24) is 0 Å². The van der Waals surface area contributed by atoms with Crippen LogP contribution in [0, 0.1) is 11.3 Å². The Bertz CT molecular complexity index is 1040. The van der Waals surface area contributed by atoms with Gasteiger partial charge in [-0.3, -0.25) is 9.52 Å². The number of hydrogen-bond acceptors (Lipinski definition) is 4. The van der Waals surface area contributed by atoms with Gasteiger partial charge in [0, 0.05) is 6.54 Å². The van der Waals surface area contributed by atoms with Crippen LogP contribution in [0.5, 0.6) is 5.75 Å². The molecule has 3 rings (SSSR count). The number of anilines is 2. The number of carbonyl (C=O) groups is 1. The molecule has 0 unspecified atom stereocenters. The fourth-order valence-corrected chi connectivity index (χ4v) is 4.64. The Morgan fingerprint density at radius 2 is 1.81 bits per heavy atom. The minimum Gasteiger partial charge on any atom is -0.490 e. The number of ether oxygens (including phenoxy) is 1. The van der Waals surface area contributed by atoms with Gasteiger partial charge in [0.2, 0.25) is 5.91 Å². The highest BCUT2D eigenvalue weighted by Crippen LogP contribution is 2.39. The number of carbonyl (C=O) groups excluding carboxylic acids is 1. The number of nitrogens with one attached hydrogen (secondary N) is 1. The lowest BCUT2D eigenvalue weighted by atomic mass is 9.92. The van der Waals surface area contributed by atoms with Crippen molar-refractivity contribution in [3.8, 4) is 5.75 Å². The van der Waals surface area contributed by atoms with E-state index in [0.29, 0.717) is 23.7 Å². The summed E-state index contributed by atoms with van der Waals surface area (Å²) >= 11 is 0. The lowest BCUT2D eigenvalue weighted by Gasteiger charge is -2.29. The molecule has 0 radical (unpaired) electrons. The molecule has 0 saturated heterocycles. The molecule has 0 spiro atoms. The first-order valence-corrected chi connectivity index (χ1v) is 12.2. The van der Waals surface area contributed by atoms with Gasteiger partial charge in [-0.1, -0.05) is 39.3 Å². The molecule has 1 heterocycles. The zero-order chi connectivity index (χ0) is 22.8. The van der Waals surface area contributed by atoms with Crippen molar-refractivity contribution in [2.24, 2.45) is 11.3 Å². The first-order valence-electron chi connectivity index (χ1n) is 10.7. The maximum atomic E-state index is 13.2. The Kier molecular flexibility index (Phi) is 6.65. The van der Waals surface area contributed by atoms with Gasteiger partial charge in [-0.2, -0.15) is 0 Å². The van der Waals surface area contributed by atoms with Crippen LogP contribution in [0.1, 0.15) is 46.6 Å². The van der Waals surface area contributed by atoms with E-state index in [1.807, 2.05) is 39.8 Å². The van der Waals surface area contributed by atoms with Crippen molar-refractivity contribution in [3.63, 3.8) is 0 Å². The summed E-state index contributed by atoms with van der Waals surface area (Å²) < 4.78 is 34.4. The molecule has 0 saturated carbocycles. The Balaban J connectivity index is 1.93. The number of sulfonamides is 1. The summed E-state index contributed by atoms with van der Waals surface area (Å²) in [4.78, 5) is 15.1. The number of benzene rings is 2. The molecular formula is C24H32N2O4S. The van der Waals surface area contributed by atoms with Crippen molar-refractivity contribution in [2.45, 2.75) is 52.4 Å². The monoisotopic (exact) mass is 444 g/mol. The van der Waals surface area contributed by atoms with Gasteiger partial charge in [0.15, 0.2) is 0 Å². The summed E-state index contributed by atoms with van der Waals surface area (Å²) in [5, 5.41) is 0. The van der Waals surface area contributed by atoms with Gasteiger partial charge in [-0.05, 0) is 62.1 Å². The summed E-state index contributed by atoms with van der Waals surface area (Å²) in [6, 6.07) is 12.0. The van der Waals surface area contributed by atoms with Crippen molar-refractivity contribution in [2.75, 3.05) is 22.8 Å². The second kappa shape index (κ2) is 8.91. The van der Waals surface area contributed by atoms with Crippen molar-refractivity contribution >= 4 is 27.3 Å². The van der Waals surface area contributed by atoms with Crippen LogP contribution < -0.4 is 14.4 Å². The highest BCUT2D eigenvalue weighted by molar-refractivity contribution is 7.92. The van der Waals surface area contributed by atoms with Crippen LogP contribution in [0.15, 0.2) is 47.4 Å². The number of aryl methyl sites for hydroxylation is 1. The van der Waals surface area contributed by atoms with Gasteiger partial charge in [0.1, 0.15) is 12.4 Å². The van der Waals surface area contributed by atoms with E-state index >= 15 is 0 Å². The van der Waals surface area contributed by atoms with Gasteiger partial charge < -0.3 is 9.64 Å². The molecule has 31 heavy (non-hydrogen) atoms. The third-order valence-corrected chi connectivity index (χ3v) is 6.63. The van der Waals surface area contributed by atoms with E-state index in [1.165, 1.54) is 0 Å². The highest BCUT2D eigenvalue weighted by Gasteiger charge is 2.38. The Hall–Kier alpha value is -2.54. The maximum Gasteiger partial charge on any atom is 0.261 e. The molecule has 1 aliphatic rings. The van der Waals surface area contributed by atoms with Crippen LogP contribution in [0.4, 0.5) is 11.4 Å². The molecule has 0 aliphatic carbocycles. The van der Waals surface area contributed by atoms with Gasteiger partial charge in [-0.25, -0.2) is 8.42 Å². The fraction of sp³-hybridized carbons (Fsp3) is 0.458. The normalized spacial score (nSPS) is 15.9. The SMILES string of the molecule is CCCc1ccc(S(=O)(=O)Nc2ccc3c(c2)N(CC(C)C)C(=O)C(C)(C)CO3)cc1. The number of hydrogen-bond donors (Lipinski definition) is 1. The molecule has 168 valence electrons. The lowest BCUT2D eigenvalue weighted by molar-refractivity contribution is -0.127. The molecule has 2 aromatic rings. The lowest BCUT2D eigenvalue weighted by Crippen LogP contribution is -2.43. The molecule has 1 N–H and O–H groups in total. The third kappa shape index (κ3) is 5.21. The Morgan fingerprint density at radius 3 is 2.42 bits per heavy atom. The van der Waals surface area contributed by atoms with E-state index in [2.05, 4.69) is 11.6 Å². The van der Waals surface area contributed by atoms with E-state index in [0.717, 1.165) is 18.4 Å². The number of amides is 1. The molecule has 1 aliphatic heterocycles.